The van der Waals surface area contributed by atoms with Gasteiger partial charge in [-0.15, -0.1) is 0 Å². The summed E-state index contributed by atoms with van der Waals surface area (Å²) in [5, 5.41) is 14.2. The molecule has 34 heavy (non-hydrogen) atoms. The summed E-state index contributed by atoms with van der Waals surface area (Å²) in [6.45, 7) is 8.11. The van der Waals surface area contributed by atoms with E-state index in [4.69, 9.17) is 15.1 Å². The minimum absolute atomic E-state index is 0.0677. The smallest absolute Gasteiger partial charge is 0.254 e. The summed E-state index contributed by atoms with van der Waals surface area (Å²) in [5.74, 6) is -0.822. The van der Waals surface area contributed by atoms with Gasteiger partial charge in [0.2, 0.25) is 10.0 Å². The van der Waals surface area contributed by atoms with Gasteiger partial charge in [-0.1, -0.05) is 26.8 Å². The molecule has 1 fully saturated rings. The van der Waals surface area contributed by atoms with Gasteiger partial charge in [-0.2, -0.15) is 5.26 Å². The fourth-order valence-corrected chi connectivity index (χ4v) is 4.22. The third-order valence-electron chi connectivity index (χ3n) is 5.42. The number of hydrogen-bond donors (Lipinski definition) is 1. The first-order chi connectivity index (χ1) is 15.9. The van der Waals surface area contributed by atoms with Gasteiger partial charge < -0.3 is 14.5 Å². The van der Waals surface area contributed by atoms with Gasteiger partial charge in [0.05, 0.1) is 35.4 Å². The van der Waals surface area contributed by atoms with Gasteiger partial charge in [-0.3, -0.25) is 4.79 Å². The molecule has 1 aliphatic heterocycles. The van der Waals surface area contributed by atoms with Crippen molar-refractivity contribution < 1.29 is 22.3 Å². The Balaban J connectivity index is 1.78. The van der Waals surface area contributed by atoms with E-state index in [-0.39, 0.29) is 34.0 Å². The number of sulfonamides is 1. The normalized spacial score (nSPS) is 14.7. The van der Waals surface area contributed by atoms with Crippen LogP contribution >= 0.6 is 0 Å². The molecule has 1 aliphatic rings. The number of piperazine rings is 1. The Bertz CT molecular complexity index is 1210. The molecule has 8 nitrogen and oxygen atoms in total. The number of amides is 1. The van der Waals surface area contributed by atoms with Crippen LogP contribution in [0, 0.1) is 22.6 Å². The average Bonchev–Trinajstić information content (AvgIpc) is 2.77. The van der Waals surface area contributed by atoms with Crippen LogP contribution in [0.5, 0.6) is 0 Å². The number of carbonyl (C=O) groups excluding carboxylic acids is 1. The summed E-state index contributed by atoms with van der Waals surface area (Å²) >= 11 is 0. The summed E-state index contributed by atoms with van der Waals surface area (Å²) in [7, 11) is -3.99. The van der Waals surface area contributed by atoms with Crippen LogP contribution in [0.1, 0.15) is 42.3 Å². The van der Waals surface area contributed by atoms with Gasteiger partial charge >= 0.3 is 0 Å². The highest BCUT2D eigenvalue weighted by molar-refractivity contribution is 7.89. The van der Waals surface area contributed by atoms with Gasteiger partial charge in [0.25, 0.3) is 5.91 Å². The third-order valence-corrected chi connectivity index (χ3v) is 6.33. The maximum Gasteiger partial charge on any atom is 0.254 e. The molecular weight excluding hydrogens is 459 g/mol. The van der Waals surface area contributed by atoms with Crippen LogP contribution in [0.15, 0.2) is 41.3 Å². The van der Waals surface area contributed by atoms with Gasteiger partial charge in [0.15, 0.2) is 0 Å². The van der Waals surface area contributed by atoms with Crippen LogP contribution in [0.3, 0.4) is 0 Å². The second-order valence-electron chi connectivity index (χ2n) is 9.47. The number of hydrogen-bond acceptors (Lipinski definition) is 6. The largest absolute Gasteiger partial charge is 0.376 e. The molecular formula is C24H29FN4O4S. The summed E-state index contributed by atoms with van der Waals surface area (Å²) in [4.78, 5) is 16.6. The molecule has 0 unspecified atom stereocenters. The van der Waals surface area contributed by atoms with Crippen molar-refractivity contribution in [3.8, 4) is 6.07 Å². The van der Waals surface area contributed by atoms with Crippen molar-refractivity contribution in [3.63, 3.8) is 0 Å². The average molecular weight is 489 g/mol. The minimum atomic E-state index is -3.99. The van der Waals surface area contributed by atoms with Crippen molar-refractivity contribution in [2.45, 2.75) is 32.3 Å². The molecule has 1 heterocycles. The van der Waals surface area contributed by atoms with Gasteiger partial charge in [-0.25, -0.2) is 17.9 Å². The molecule has 0 radical (unpaired) electrons. The van der Waals surface area contributed by atoms with Crippen molar-refractivity contribution >= 4 is 21.6 Å². The van der Waals surface area contributed by atoms with E-state index in [1.54, 1.807) is 23.1 Å². The highest BCUT2D eigenvalue weighted by Crippen LogP contribution is 2.24. The molecule has 2 N–H and O–H groups in total. The maximum atomic E-state index is 14.4. The van der Waals surface area contributed by atoms with Crippen LogP contribution in [0.4, 0.5) is 10.1 Å². The molecule has 0 spiro atoms. The number of nitriles is 1. The van der Waals surface area contributed by atoms with Crippen molar-refractivity contribution in [2.75, 3.05) is 37.7 Å². The standard InChI is InChI=1S/C24H29FN4O4S/c1-24(2,3)16-33-15-18-5-6-19(34(27,31)32)13-20(18)23(30)29-10-8-28(9-11-29)22-7-4-17(14-26)12-21(22)25/h4-7,12-13H,8-11,15-16H2,1-3H3,(H2,27,31,32). The second-order valence-corrected chi connectivity index (χ2v) is 11.0. The molecule has 2 aromatic carbocycles. The Morgan fingerprint density at radius 2 is 1.82 bits per heavy atom. The topological polar surface area (TPSA) is 117 Å². The van der Waals surface area contributed by atoms with Crippen molar-refractivity contribution in [2.24, 2.45) is 10.6 Å². The van der Waals surface area contributed by atoms with E-state index in [0.717, 1.165) is 0 Å². The third kappa shape index (κ3) is 6.32. The lowest BCUT2D eigenvalue weighted by Gasteiger charge is -2.36. The van der Waals surface area contributed by atoms with Crippen LogP contribution in [0.25, 0.3) is 0 Å². The number of nitrogens with zero attached hydrogens (tertiary/aromatic N) is 3. The molecule has 2 aromatic rings. The molecule has 3 rings (SSSR count). The zero-order chi connectivity index (χ0) is 25.1. The number of halogens is 1. The molecule has 10 heteroatoms. The lowest BCUT2D eigenvalue weighted by molar-refractivity contribution is 0.0579. The number of primary sulfonamides is 1. The van der Waals surface area contributed by atoms with Gasteiger partial charge in [0, 0.05) is 31.7 Å². The number of nitrogens with two attached hydrogens (primary N) is 1. The van der Waals surface area contributed by atoms with Gasteiger partial charge in [0.1, 0.15) is 5.82 Å². The van der Waals surface area contributed by atoms with E-state index in [2.05, 4.69) is 0 Å². The summed E-state index contributed by atoms with van der Waals surface area (Å²) in [6, 6.07) is 10.4. The molecule has 182 valence electrons. The predicted octanol–water partition coefficient (Wildman–Crippen LogP) is 2.87. The lowest BCUT2D eigenvalue weighted by Crippen LogP contribution is -2.49. The van der Waals surface area contributed by atoms with Crippen LogP contribution < -0.4 is 10.0 Å². The van der Waals surface area contributed by atoms with Crippen molar-refractivity contribution in [3.05, 3.63) is 58.9 Å². The molecule has 1 amide bonds. The predicted molar refractivity (Wildman–Crippen MR) is 126 cm³/mol. The highest BCUT2D eigenvalue weighted by Gasteiger charge is 2.26. The maximum absolute atomic E-state index is 14.4. The minimum Gasteiger partial charge on any atom is -0.376 e. The zero-order valence-electron chi connectivity index (χ0n) is 19.5. The van der Waals surface area contributed by atoms with E-state index in [1.165, 1.54) is 18.2 Å². The zero-order valence-corrected chi connectivity index (χ0v) is 20.4. The Labute approximate surface area is 199 Å². The monoisotopic (exact) mass is 488 g/mol. The second kappa shape index (κ2) is 10.1. The summed E-state index contributed by atoms with van der Waals surface area (Å²) in [6.07, 6.45) is 0. The highest BCUT2D eigenvalue weighted by atomic mass is 32.2. The molecule has 0 atom stereocenters. The first-order valence-electron chi connectivity index (χ1n) is 10.9. The summed E-state index contributed by atoms with van der Waals surface area (Å²) in [5.41, 5.74) is 1.34. The van der Waals surface area contributed by atoms with Crippen LogP contribution in [-0.4, -0.2) is 52.0 Å². The number of ether oxygens (including phenoxy) is 1. The van der Waals surface area contributed by atoms with E-state index >= 15 is 0 Å². The number of benzene rings is 2. The fourth-order valence-electron chi connectivity index (χ4n) is 3.68. The van der Waals surface area contributed by atoms with E-state index in [9.17, 15) is 17.6 Å². The fraction of sp³-hybridized carbons (Fsp3) is 0.417. The summed E-state index contributed by atoms with van der Waals surface area (Å²) < 4.78 is 43.9. The molecule has 0 saturated carbocycles. The lowest BCUT2D eigenvalue weighted by atomic mass is 9.98. The molecule has 0 aromatic heterocycles. The number of carbonyl (C=O) groups is 1. The number of rotatable bonds is 6. The Hall–Kier alpha value is -3.00. The van der Waals surface area contributed by atoms with Crippen LogP contribution in [0.2, 0.25) is 0 Å². The quantitative estimate of drug-likeness (QED) is 0.668. The van der Waals surface area contributed by atoms with Crippen molar-refractivity contribution in [1.82, 2.24) is 4.90 Å². The first-order valence-corrected chi connectivity index (χ1v) is 12.4. The SMILES string of the molecule is CC(C)(C)COCc1ccc(S(N)(=O)=O)cc1C(=O)N1CCN(c2ccc(C#N)cc2F)CC1. The molecule has 0 bridgehead atoms. The number of anilines is 1. The first kappa shape index (κ1) is 25.6. The molecule has 0 aliphatic carbocycles. The van der Waals surface area contributed by atoms with E-state index in [1.807, 2.05) is 31.7 Å². The van der Waals surface area contributed by atoms with Crippen molar-refractivity contribution in [1.29, 1.82) is 5.26 Å². The molecule has 1 saturated heterocycles. The van der Waals surface area contributed by atoms with Crippen LogP contribution in [-0.2, 0) is 21.4 Å². The Morgan fingerprint density at radius 1 is 1.15 bits per heavy atom. The Morgan fingerprint density at radius 3 is 2.38 bits per heavy atom. The van der Waals surface area contributed by atoms with E-state index in [0.29, 0.717) is 44.0 Å². The Kier molecular flexibility index (Phi) is 7.60. The van der Waals surface area contributed by atoms with E-state index < -0.39 is 15.8 Å². The van der Waals surface area contributed by atoms with Gasteiger partial charge in [-0.05, 0) is 41.3 Å².